The van der Waals surface area contributed by atoms with E-state index in [4.69, 9.17) is 0 Å². The zero-order chi connectivity index (χ0) is 18.8. The molecule has 1 N–H and O–H groups in total. The molecule has 2 amide bonds. The second-order valence-corrected chi connectivity index (χ2v) is 6.78. The fourth-order valence-electron chi connectivity index (χ4n) is 3.60. The summed E-state index contributed by atoms with van der Waals surface area (Å²) in [5, 5.41) is 7.09. The van der Waals surface area contributed by atoms with Crippen LogP contribution < -0.4 is 5.32 Å². The van der Waals surface area contributed by atoms with Gasteiger partial charge in [-0.25, -0.2) is 4.52 Å². The van der Waals surface area contributed by atoms with Crippen molar-refractivity contribution < 1.29 is 9.59 Å². The second kappa shape index (κ2) is 7.23. The van der Waals surface area contributed by atoms with E-state index in [0.717, 1.165) is 42.7 Å². The molecular formula is C21H22N4O2. The third kappa shape index (κ3) is 3.18. The van der Waals surface area contributed by atoms with Gasteiger partial charge in [-0.1, -0.05) is 18.2 Å². The third-order valence-electron chi connectivity index (χ3n) is 5.09. The molecule has 1 aromatic carbocycles. The molecule has 3 heterocycles. The summed E-state index contributed by atoms with van der Waals surface area (Å²) in [7, 11) is 1.61. The van der Waals surface area contributed by atoms with Gasteiger partial charge in [-0.3, -0.25) is 9.59 Å². The Hall–Kier alpha value is -3.15. The van der Waals surface area contributed by atoms with Gasteiger partial charge in [0.2, 0.25) is 0 Å². The molecule has 0 unspecified atom stereocenters. The molecule has 4 rings (SSSR count). The molecule has 0 aliphatic carbocycles. The number of nitrogens with zero attached hydrogens (tertiary/aromatic N) is 3. The number of nitrogens with one attached hydrogen (secondary N) is 1. The van der Waals surface area contributed by atoms with E-state index in [1.165, 1.54) is 6.42 Å². The number of benzene rings is 1. The average molecular weight is 362 g/mol. The first kappa shape index (κ1) is 17.3. The largest absolute Gasteiger partial charge is 0.355 e. The van der Waals surface area contributed by atoms with Gasteiger partial charge < -0.3 is 10.2 Å². The number of piperidine rings is 1. The standard InChI is InChI=1S/C21H22N4O2/c1-22-20(26)16-10-8-15(9-11-16)18-6-5-7-19-17(14-23-25(18)19)21(27)24-12-3-2-4-13-24/h5-11,14H,2-4,12-13H2,1H3,(H,22,26). The van der Waals surface area contributed by atoms with Crippen LogP contribution in [0.4, 0.5) is 0 Å². The van der Waals surface area contributed by atoms with Gasteiger partial charge in [0.1, 0.15) is 0 Å². The van der Waals surface area contributed by atoms with Gasteiger partial charge in [0.25, 0.3) is 11.8 Å². The highest BCUT2D eigenvalue weighted by Crippen LogP contribution is 2.24. The monoisotopic (exact) mass is 362 g/mol. The van der Waals surface area contributed by atoms with Crippen LogP contribution in [0.5, 0.6) is 0 Å². The smallest absolute Gasteiger partial charge is 0.257 e. The number of fused-ring (bicyclic) bond motifs is 1. The number of hydrogen-bond donors (Lipinski definition) is 1. The van der Waals surface area contributed by atoms with Gasteiger partial charge in [0.15, 0.2) is 0 Å². The first-order valence-electron chi connectivity index (χ1n) is 9.27. The van der Waals surface area contributed by atoms with Crippen LogP contribution in [0.25, 0.3) is 16.8 Å². The molecule has 0 saturated carbocycles. The molecule has 2 aromatic heterocycles. The lowest BCUT2D eigenvalue weighted by Gasteiger charge is -2.26. The molecule has 3 aromatic rings. The number of aromatic nitrogens is 2. The number of pyridine rings is 1. The Balaban J connectivity index is 1.70. The van der Waals surface area contributed by atoms with E-state index in [-0.39, 0.29) is 11.8 Å². The van der Waals surface area contributed by atoms with E-state index in [9.17, 15) is 9.59 Å². The summed E-state index contributed by atoms with van der Waals surface area (Å²) in [6.07, 6.45) is 4.98. The van der Waals surface area contributed by atoms with Crippen LogP contribution in [0.1, 0.15) is 40.0 Å². The zero-order valence-electron chi connectivity index (χ0n) is 15.3. The number of amides is 2. The third-order valence-corrected chi connectivity index (χ3v) is 5.09. The minimum absolute atomic E-state index is 0.0526. The highest BCUT2D eigenvalue weighted by molar-refractivity contribution is 6.01. The normalized spacial score (nSPS) is 14.3. The highest BCUT2D eigenvalue weighted by Gasteiger charge is 2.22. The van der Waals surface area contributed by atoms with Crippen LogP contribution in [0, 0.1) is 0 Å². The Bertz CT molecular complexity index is 985. The maximum Gasteiger partial charge on any atom is 0.257 e. The van der Waals surface area contributed by atoms with Crippen LogP contribution in [0.3, 0.4) is 0 Å². The van der Waals surface area contributed by atoms with Gasteiger partial charge in [0, 0.05) is 31.3 Å². The lowest BCUT2D eigenvalue weighted by atomic mass is 10.1. The molecule has 0 atom stereocenters. The Labute approximate surface area is 157 Å². The van der Waals surface area contributed by atoms with Gasteiger partial charge in [-0.05, 0) is 43.5 Å². The average Bonchev–Trinajstić information content (AvgIpc) is 3.17. The molecule has 138 valence electrons. The summed E-state index contributed by atoms with van der Waals surface area (Å²) in [6.45, 7) is 1.63. The van der Waals surface area contributed by atoms with Crippen molar-refractivity contribution in [2.75, 3.05) is 20.1 Å². The fraction of sp³-hybridized carbons (Fsp3) is 0.286. The number of carbonyl (C=O) groups excluding carboxylic acids is 2. The summed E-state index contributed by atoms with van der Waals surface area (Å²) in [4.78, 5) is 26.6. The second-order valence-electron chi connectivity index (χ2n) is 6.78. The maximum atomic E-state index is 12.9. The van der Waals surface area contributed by atoms with E-state index < -0.39 is 0 Å². The lowest BCUT2D eigenvalue weighted by Crippen LogP contribution is -2.35. The van der Waals surface area contributed by atoms with E-state index in [1.807, 2.05) is 35.2 Å². The summed E-state index contributed by atoms with van der Waals surface area (Å²) in [6, 6.07) is 13.2. The van der Waals surface area contributed by atoms with Gasteiger partial charge in [-0.2, -0.15) is 5.10 Å². The van der Waals surface area contributed by atoms with E-state index in [0.29, 0.717) is 11.1 Å². The highest BCUT2D eigenvalue weighted by atomic mass is 16.2. The van der Waals surface area contributed by atoms with Gasteiger partial charge >= 0.3 is 0 Å². The fourth-order valence-corrected chi connectivity index (χ4v) is 3.60. The number of rotatable bonds is 3. The zero-order valence-corrected chi connectivity index (χ0v) is 15.3. The van der Waals surface area contributed by atoms with Crippen LogP contribution >= 0.6 is 0 Å². The molecule has 1 saturated heterocycles. The maximum absolute atomic E-state index is 12.9. The topological polar surface area (TPSA) is 66.7 Å². The molecule has 1 fully saturated rings. The summed E-state index contributed by atoms with van der Waals surface area (Å²) in [5.41, 5.74) is 3.87. The molecule has 27 heavy (non-hydrogen) atoms. The van der Waals surface area contributed by atoms with Crippen molar-refractivity contribution in [3.8, 4) is 11.3 Å². The first-order chi connectivity index (χ1) is 13.2. The van der Waals surface area contributed by atoms with Crippen molar-refractivity contribution in [2.45, 2.75) is 19.3 Å². The van der Waals surface area contributed by atoms with Gasteiger partial charge in [-0.15, -0.1) is 0 Å². The Morgan fingerprint density at radius 3 is 2.44 bits per heavy atom. The Morgan fingerprint density at radius 1 is 1.00 bits per heavy atom. The van der Waals surface area contributed by atoms with Crippen molar-refractivity contribution in [3.63, 3.8) is 0 Å². The van der Waals surface area contributed by atoms with Gasteiger partial charge in [0.05, 0.1) is 23.0 Å². The minimum Gasteiger partial charge on any atom is -0.355 e. The molecule has 1 aliphatic rings. The molecule has 0 bridgehead atoms. The number of carbonyl (C=O) groups is 2. The van der Waals surface area contributed by atoms with E-state index >= 15 is 0 Å². The molecule has 0 radical (unpaired) electrons. The van der Waals surface area contributed by atoms with Crippen molar-refractivity contribution in [2.24, 2.45) is 0 Å². The molecule has 6 nitrogen and oxygen atoms in total. The lowest BCUT2D eigenvalue weighted by molar-refractivity contribution is 0.0726. The van der Waals surface area contributed by atoms with Crippen molar-refractivity contribution in [1.29, 1.82) is 0 Å². The van der Waals surface area contributed by atoms with Crippen LogP contribution in [-0.2, 0) is 0 Å². The predicted octanol–water partition coefficient (Wildman–Crippen LogP) is 2.99. The quantitative estimate of drug-likeness (QED) is 0.779. The van der Waals surface area contributed by atoms with E-state index in [1.54, 1.807) is 29.9 Å². The van der Waals surface area contributed by atoms with Crippen LogP contribution in [0.15, 0.2) is 48.7 Å². The molecule has 6 heteroatoms. The molecular weight excluding hydrogens is 340 g/mol. The van der Waals surface area contributed by atoms with Crippen molar-refractivity contribution in [3.05, 3.63) is 59.8 Å². The van der Waals surface area contributed by atoms with Crippen LogP contribution in [-0.4, -0.2) is 46.5 Å². The number of hydrogen-bond acceptors (Lipinski definition) is 3. The molecule has 0 spiro atoms. The van der Waals surface area contributed by atoms with E-state index in [2.05, 4.69) is 10.4 Å². The Kier molecular flexibility index (Phi) is 4.62. The Morgan fingerprint density at radius 2 is 1.74 bits per heavy atom. The van der Waals surface area contributed by atoms with Crippen molar-refractivity contribution >= 4 is 17.3 Å². The van der Waals surface area contributed by atoms with Crippen molar-refractivity contribution in [1.82, 2.24) is 19.8 Å². The molecule has 1 aliphatic heterocycles. The van der Waals surface area contributed by atoms with Crippen LogP contribution in [0.2, 0.25) is 0 Å². The first-order valence-corrected chi connectivity index (χ1v) is 9.27. The minimum atomic E-state index is -0.117. The summed E-state index contributed by atoms with van der Waals surface area (Å²) < 4.78 is 1.80. The predicted molar refractivity (Wildman–Crippen MR) is 104 cm³/mol. The SMILES string of the molecule is CNC(=O)c1ccc(-c2cccc3c(C(=O)N4CCCCC4)cnn23)cc1. The summed E-state index contributed by atoms with van der Waals surface area (Å²) >= 11 is 0. The summed E-state index contributed by atoms with van der Waals surface area (Å²) in [5.74, 6) is -0.0647. The number of likely N-dealkylation sites (tertiary alicyclic amines) is 1.